The van der Waals surface area contributed by atoms with Gasteiger partial charge in [-0.2, -0.15) is 0 Å². The number of hydrogen-bond acceptors (Lipinski definition) is 5. The van der Waals surface area contributed by atoms with Gasteiger partial charge in [0, 0.05) is 23.6 Å². The standard InChI is InChI=1S/C25H23N3O4S/c1-25(2,32)15-26-24(31)27-22-20(21(30)16-9-5-3-6-10-16)18-13-14-19(29)28(23(18)33-22)17-11-7-4-8-12-17/h3-14,32H,15H2,1-2H3,(H2,26,27,31). The van der Waals surface area contributed by atoms with Gasteiger partial charge in [-0.05, 0) is 32.0 Å². The Balaban J connectivity index is 1.87. The number of rotatable bonds is 6. The molecule has 3 N–H and O–H groups in total. The number of carbonyl (C=O) groups excluding carboxylic acids is 2. The van der Waals surface area contributed by atoms with Crippen molar-refractivity contribution in [2.45, 2.75) is 19.4 Å². The molecular weight excluding hydrogens is 438 g/mol. The van der Waals surface area contributed by atoms with Gasteiger partial charge >= 0.3 is 6.03 Å². The SMILES string of the molecule is CC(C)(O)CNC(=O)Nc1sc2c(ccc(=O)n2-c2ccccc2)c1C(=O)c1ccccc1. The van der Waals surface area contributed by atoms with Gasteiger partial charge in [0.05, 0.1) is 16.9 Å². The maximum absolute atomic E-state index is 13.5. The van der Waals surface area contributed by atoms with Gasteiger partial charge in [0.25, 0.3) is 5.56 Å². The number of para-hydroxylation sites is 1. The highest BCUT2D eigenvalue weighted by atomic mass is 32.1. The maximum atomic E-state index is 13.5. The molecule has 0 fully saturated rings. The molecule has 0 aliphatic carbocycles. The average Bonchev–Trinajstić information content (AvgIpc) is 3.15. The van der Waals surface area contributed by atoms with Crippen LogP contribution in [-0.4, -0.2) is 33.6 Å². The highest BCUT2D eigenvalue weighted by molar-refractivity contribution is 7.23. The summed E-state index contributed by atoms with van der Waals surface area (Å²) in [5.41, 5.74) is 0.102. The third-order valence-corrected chi connectivity index (χ3v) is 6.03. The van der Waals surface area contributed by atoms with Crippen LogP contribution in [0.2, 0.25) is 0 Å². The van der Waals surface area contributed by atoms with E-state index in [1.54, 1.807) is 44.2 Å². The van der Waals surface area contributed by atoms with E-state index in [1.165, 1.54) is 10.6 Å². The molecule has 0 bridgehead atoms. The Morgan fingerprint density at radius 3 is 2.24 bits per heavy atom. The van der Waals surface area contributed by atoms with Crippen molar-refractivity contribution >= 4 is 38.4 Å². The number of amides is 2. The molecule has 0 aliphatic heterocycles. The van der Waals surface area contributed by atoms with Crippen LogP contribution in [0.1, 0.15) is 29.8 Å². The van der Waals surface area contributed by atoms with Crippen molar-refractivity contribution < 1.29 is 14.7 Å². The van der Waals surface area contributed by atoms with Gasteiger partial charge in [0.15, 0.2) is 5.78 Å². The van der Waals surface area contributed by atoms with Crippen molar-refractivity contribution in [3.63, 3.8) is 0 Å². The number of anilines is 1. The molecule has 8 heteroatoms. The molecule has 0 aliphatic rings. The Labute approximate surface area is 194 Å². The number of benzene rings is 2. The normalized spacial score (nSPS) is 11.4. The Kier molecular flexibility index (Phi) is 6.13. The summed E-state index contributed by atoms with van der Waals surface area (Å²) in [6.07, 6.45) is 0. The fourth-order valence-corrected chi connectivity index (χ4v) is 4.60. The first-order valence-corrected chi connectivity index (χ1v) is 11.2. The number of aliphatic hydroxyl groups is 1. The molecule has 4 rings (SSSR count). The van der Waals surface area contributed by atoms with Gasteiger partial charge < -0.3 is 10.4 Å². The first-order valence-electron chi connectivity index (χ1n) is 10.4. The zero-order valence-corrected chi connectivity index (χ0v) is 19.0. The van der Waals surface area contributed by atoms with Gasteiger partial charge in [0.2, 0.25) is 0 Å². The monoisotopic (exact) mass is 461 g/mol. The number of aromatic nitrogens is 1. The zero-order valence-electron chi connectivity index (χ0n) is 18.2. The summed E-state index contributed by atoms with van der Waals surface area (Å²) in [7, 11) is 0. The first-order chi connectivity index (χ1) is 15.7. The predicted octanol–water partition coefficient (Wildman–Crippen LogP) is 4.18. The van der Waals surface area contributed by atoms with Crippen LogP contribution in [0.15, 0.2) is 77.6 Å². The minimum Gasteiger partial charge on any atom is -0.389 e. The fourth-order valence-electron chi connectivity index (χ4n) is 3.39. The van der Waals surface area contributed by atoms with E-state index in [2.05, 4.69) is 10.6 Å². The van der Waals surface area contributed by atoms with E-state index in [-0.39, 0.29) is 17.9 Å². The Bertz CT molecular complexity index is 1370. The van der Waals surface area contributed by atoms with Crippen molar-refractivity contribution in [1.29, 1.82) is 0 Å². The molecule has 0 unspecified atom stereocenters. The van der Waals surface area contributed by atoms with E-state index >= 15 is 0 Å². The van der Waals surface area contributed by atoms with Crippen LogP contribution in [-0.2, 0) is 0 Å². The van der Waals surface area contributed by atoms with Gasteiger partial charge in [-0.15, -0.1) is 0 Å². The Hall–Kier alpha value is -3.75. The number of thiophene rings is 1. The number of ketones is 1. The lowest BCUT2D eigenvalue weighted by molar-refractivity contribution is 0.0826. The average molecular weight is 462 g/mol. The second-order valence-corrected chi connectivity index (χ2v) is 9.18. The summed E-state index contributed by atoms with van der Waals surface area (Å²) in [5.74, 6) is -0.266. The lowest BCUT2D eigenvalue weighted by Crippen LogP contribution is -2.40. The number of hydrogen-bond donors (Lipinski definition) is 3. The van der Waals surface area contributed by atoms with Crippen LogP contribution in [0, 0.1) is 0 Å². The summed E-state index contributed by atoms with van der Waals surface area (Å²) in [5, 5.41) is 16.1. The van der Waals surface area contributed by atoms with E-state index in [0.29, 0.717) is 32.0 Å². The topological polar surface area (TPSA) is 100 Å². The third-order valence-electron chi connectivity index (χ3n) is 4.93. The predicted molar refractivity (Wildman–Crippen MR) is 131 cm³/mol. The van der Waals surface area contributed by atoms with Crippen molar-refractivity contribution in [1.82, 2.24) is 9.88 Å². The highest BCUT2D eigenvalue weighted by Gasteiger charge is 2.24. The van der Waals surface area contributed by atoms with E-state index in [0.717, 1.165) is 11.3 Å². The molecule has 0 spiro atoms. The number of carbonyl (C=O) groups is 2. The van der Waals surface area contributed by atoms with Gasteiger partial charge in [-0.1, -0.05) is 59.9 Å². The molecule has 0 saturated carbocycles. The maximum Gasteiger partial charge on any atom is 0.319 e. The van der Waals surface area contributed by atoms with Gasteiger partial charge in [-0.25, -0.2) is 4.79 Å². The van der Waals surface area contributed by atoms with Crippen molar-refractivity contribution in [3.05, 3.63) is 94.3 Å². The Morgan fingerprint density at radius 1 is 0.970 bits per heavy atom. The van der Waals surface area contributed by atoms with E-state index in [1.807, 2.05) is 36.4 Å². The summed E-state index contributed by atoms with van der Waals surface area (Å²) < 4.78 is 1.53. The number of nitrogens with one attached hydrogen (secondary N) is 2. The fraction of sp³-hybridized carbons (Fsp3) is 0.160. The number of nitrogens with zero attached hydrogens (tertiary/aromatic N) is 1. The third kappa shape index (κ3) is 4.87. The number of fused-ring (bicyclic) bond motifs is 1. The molecule has 4 aromatic rings. The van der Waals surface area contributed by atoms with E-state index in [4.69, 9.17) is 0 Å². The zero-order chi connectivity index (χ0) is 23.6. The van der Waals surface area contributed by atoms with Crippen LogP contribution in [0.5, 0.6) is 0 Å². The van der Waals surface area contributed by atoms with Crippen LogP contribution in [0.3, 0.4) is 0 Å². The van der Waals surface area contributed by atoms with Crippen molar-refractivity contribution in [2.24, 2.45) is 0 Å². The molecule has 0 saturated heterocycles. The molecule has 2 amide bonds. The summed E-state index contributed by atoms with van der Waals surface area (Å²) in [6.45, 7) is 3.19. The minimum atomic E-state index is -1.09. The molecule has 168 valence electrons. The highest BCUT2D eigenvalue weighted by Crippen LogP contribution is 2.37. The second-order valence-electron chi connectivity index (χ2n) is 8.18. The smallest absolute Gasteiger partial charge is 0.319 e. The first kappa shape index (κ1) is 22.4. The Morgan fingerprint density at radius 2 is 1.61 bits per heavy atom. The summed E-state index contributed by atoms with van der Waals surface area (Å²) in [4.78, 5) is 39.4. The lowest BCUT2D eigenvalue weighted by Gasteiger charge is -2.17. The molecular formula is C25H23N3O4S. The van der Waals surface area contributed by atoms with E-state index < -0.39 is 11.6 Å². The molecule has 33 heavy (non-hydrogen) atoms. The molecule has 2 aromatic heterocycles. The van der Waals surface area contributed by atoms with Crippen LogP contribution in [0.4, 0.5) is 9.80 Å². The van der Waals surface area contributed by atoms with E-state index in [9.17, 15) is 19.5 Å². The molecule has 0 atom stereocenters. The molecule has 2 aromatic carbocycles. The largest absolute Gasteiger partial charge is 0.389 e. The van der Waals surface area contributed by atoms with Crippen LogP contribution in [0.25, 0.3) is 15.9 Å². The second kappa shape index (κ2) is 9.01. The van der Waals surface area contributed by atoms with Crippen LogP contribution >= 0.6 is 11.3 Å². The van der Waals surface area contributed by atoms with Gasteiger partial charge in [-0.3, -0.25) is 19.5 Å². The molecule has 0 radical (unpaired) electrons. The minimum absolute atomic E-state index is 0.0282. The summed E-state index contributed by atoms with van der Waals surface area (Å²) >= 11 is 1.15. The van der Waals surface area contributed by atoms with Crippen molar-refractivity contribution in [3.8, 4) is 5.69 Å². The van der Waals surface area contributed by atoms with Crippen LogP contribution < -0.4 is 16.2 Å². The quantitative estimate of drug-likeness (QED) is 0.375. The number of pyridine rings is 1. The number of urea groups is 1. The van der Waals surface area contributed by atoms with Crippen molar-refractivity contribution in [2.75, 3.05) is 11.9 Å². The lowest BCUT2D eigenvalue weighted by atomic mass is 10.0. The summed E-state index contributed by atoms with van der Waals surface area (Å²) in [6, 6.07) is 20.4. The molecule has 2 heterocycles. The molecule has 7 nitrogen and oxygen atoms in total. The van der Waals surface area contributed by atoms with Gasteiger partial charge in [0.1, 0.15) is 9.83 Å².